The molecule has 1 nitrogen and oxygen atoms in total. The topological polar surface area (TPSA) is 26.0 Å². The van der Waals surface area contributed by atoms with E-state index in [1.807, 2.05) is 0 Å². The Hall–Kier alpha value is -1.46. The Morgan fingerprint density at radius 1 is 1.00 bits per heavy atom. The van der Waals surface area contributed by atoms with Crippen LogP contribution in [0.1, 0.15) is 5.56 Å². The molecule has 20 heavy (non-hydrogen) atoms. The first-order valence-electron chi connectivity index (χ1n) is 6.12. The summed E-state index contributed by atoms with van der Waals surface area (Å²) in [5.74, 6) is -0.960. The molecule has 106 valence electrons. The summed E-state index contributed by atoms with van der Waals surface area (Å²) in [4.78, 5) is 0.778. The minimum atomic E-state index is -0.603. The predicted molar refractivity (Wildman–Crippen MR) is 75.2 cm³/mol. The van der Waals surface area contributed by atoms with Crippen molar-refractivity contribution in [3.8, 4) is 0 Å². The van der Waals surface area contributed by atoms with Gasteiger partial charge in [0, 0.05) is 22.8 Å². The van der Waals surface area contributed by atoms with Gasteiger partial charge in [0.2, 0.25) is 0 Å². The molecule has 0 spiro atoms. The zero-order valence-electron chi connectivity index (χ0n) is 10.7. The van der Waals surface area contributed by atoms with E-state index in [2.05, 4.69) is 0 Å². The molecule has 1 unspecified atom stereocenters. The summed E-state index contributed by atoms with van der Waals surface area (Å²) < 4.78 is 39.3. The number of thioether (sulfide) groups is 1. The summed E-state index contributed by atoms with van der Waals surface area (Å²) in [5, 5.41) is 0. The summed E-state index contributed by atoms with van der Waals surface area (Å²) in [6, 6.07) is 9.39. The molecule has 2 rings (SSSR count). The van der Waals surface area contributed by atoms with Crippen LogP contribution in [0.3, 0.4) is 0 Å². The van der Waals surface area contributed by atoms with E-state index in [4.69, 9.17) is 5.73 Å². The van der Waals surface area contributed by atoms with Crippen molar-refractivity contribution in [3.63, 3.8) is 0 Å². The highest BCUT2D eigenvalue weighted by Crippen LogP contribution is 2.20. The number of nitrogens with two attached hydrogens (primary N) is 1. The predicted octanol–water partition coefficient (Wildman–Crippen LogP) is 3.77. The maximum Gasteiger partial charge on any atom is 0.129 e. The molecule has 2 aromatic carbocycles. The number of halogens is 3. The van der Waals surface area contributed by atoms with Gasteiger partial charge in [0.05, 0.1) is 0 Å². The molecule has 5 heteroatoms. The van der Waals surface area contributed by atoms with Crippen molar-refractivity contribution in [3.05, 3.63) is 65.5 Å². The molecular formula is C15H14F3NS. The lowest BCUT2D eigenvalue weighted by Crippen LogP contribution is -2.26. The van der Waals surface area contributed by atoms with E-state index in [0.717, 1.165) is 11.0 Å². The SMILES string of the molecule is NC(CSc1cccc(F)c1)Cc1ccc(F)cc1F. The first kappa shape index (κ1) is 14.9. The van der Waals surface area contributed by atoms with Gasteiger partial charge in [-0.3, -0.25) is 0 Å². The van der Waals surface area contributed by atoms with Gasteiger partial charge in [-0.25, -0.2) is 13.2 Å². The monoisotopic (exact) mass is 297 g/mol. The number of hydrogen-bond donors (Lipinski definition) is 1. The van der Waals surface area contributed by atoms with Gasteiger partial charge in [0.25, 0.3) is 0 Å². The first-order chi connectivity index (χ1) is 9.54. The molecular weight excluding hydrogens is 283 g/mol. The Kier molecular flexibility index (Phi) is 5.09. The molecule has 2 N–H and O–H groups in total. The third-order valence-electron chi connectivity index (χ3n) is 2.76. The smallest absolute Gasteiger partial charge is 0.129 e. The fourth-order valence-electron chi connectivity index (χ4n) is 1.79. The molecule has 0 saturated carbocycles. The van der Waals surface area contributed by atoms with Crippen molar-refractivity contribution >= 4 is 11.8 Å². The summed E-state index contributed by atoms with van der Waals surface area (Å²) in [6.45, 7) is 0. The van der Waals surface area contributed by atoms with Crippen LogP contribution in [-0.2, 0) is 6.42 Å². The molecule has 0 aliphatic carbocycles. The lowest BCUT2D eigenvalue weighted by Gasteiger charge is -2.12. The van der Waals surface area contributed by atoms with E-state index in [9.17, 15) is 13.2 Å². The highest BCUT2D eigenvalue weighted by atomic mass is 32.2. The van der Waals surface area contributed by atoms with Crippen LogP contribution in [0.5, 0.6) is 0 Å². The highest BCUT2D eigenvalue weighted by Gasteiger charge is 2.10. The molecule has 0 bridgehead atoms. The van der Waals surface area contributed by atoms with E-state index < -0.39 is 11.6 Å². The quantitative estimate of drug-likeness (QED) is 0.850. The van der Waals surface area contributed by atoms with E-state index in [1.54, 1.807) is 12.1 Å². The van der Waals surface area contributed by atoms with Gasteiger partial charge in [-0.2, -0.15) is 0 Å². The Balaban J connectivity index is 1.90. The third-order valence-corrected chi connectivity index (χ3v) is 3.94. The summed E-state index contributed by atoms with van der Waals surface area (Å²) in [7, 11) is 0. The zero-order chi connectivity index (χ0) is 14.5. The van der Waals surface area contributed by atoms with Crippen molar-refractivity contribution in [1.82, 2.24) is 0 Å². The normalized spacial score (nSPS) is 12.4. The van der Waals surface area contributed by atoms with Gasteiger partial charge >= 0.3 is 0 Å². The summed E-state index contributed by atoms with van der Waals surface area (Å²) >= 11 is 1.41. The van der Waals surface area contributed by atoms with Crippen LogP contribution in [0.15, 0.2) is 47.4 Å². The van der Waals surface area contributed by atoms with Gasteiger partial charge in [0.1, 0.15) is 17.5 Å². The second kappa shape index (κ2) is 6.81. The van der Waals surface area contributed by atoms with Crippen molar-refractivity contribution in [1.29, 1.82) is 0 Å². The standard InChI is InChI=1S/C15H14F3NS/c16-11-2-1-3-14(7-11)20-9-13(19)6-10-4-5-12(17)8-15(10)18/h1-5,7-8,13H,6,9,19H2. The lowest BCUT2D eigenvalue weighted by molar-refractivity contribution is 0.565. The van der Waals surface area contributed by atoms with E-state index in [-0.39, 0.29) is 11.9 Å². The summed E-state index contributed by atoms with van der Waals surface area (Å²) in [6.07, 6.45) is 0.314. The molecule has 0 amide bonds. The van der Waals surface area contributed by atoms with Crippen LogP contribution >= 0.6 is 11.8 Å². The number of benzene rings is 2. The van der Waals surface area contributed by atoms with Gasteiger partial charge in [-0.15, -0.1) is 11.8 Å². The minimum Gasteiger partial charge on any atom is -0.327 e. The van der Waals surface area contributed by atoms with Crippen LogP contribution in [-0.4, -0.2) is 11.8 Å². The van der Waals surface area contributed by atoms with Crippen molar-refractivity contribution < 1.29 is 13.2 Å². The average Bonchev–Trinajstić information content (AvgIpc) is 2.40. The second-order valence-corrected chi connectivity index (χ2v) is 5.56. The number of rotatable bonds is 5. The van der Waals surface area contributed by atoms with Crippen molar-refractivity contribution in [2.24, 2.45) is 5.73 Å². The molecule has 0 fully saturated rings. The molecule has 0 radical (unpaired) electrons. The van der Waals surface area contributed by atoms with Gasteiger partial charge in [-0.05, 0) is 36.2 Å². The van der Waals surface area contributed by atoms with Crippen molar-refractivity contribution in [2.75, 3.05) is 5.75 Å². The Morgan fingerprint density at radius 3 is 2.45 bits per heavy atom. The second-order valence-electron chi connectivity index (χ2n) is 4.47. The minimum absolute atomic E-state index is 0.289. The van der Waals surface area contributed by atoms with Gasteiger partial charge < -0.3 is 5.73 Å². The molecule has 1 atom stereocenters. The molecule has 0 aromatic heterocycles. The molecule has 0 heterocycles. The molecule has 2 aromatic rings. The van der Waals surface area contributed by atoms with Crippen LogP contribution < -0.4 is 5.73 Å². The molecule has 0 aliphatic heterocycles. The van der Waals surface area contributed by atoms with E-state index in [1.165, 1.54) is 36.0 Å². The van der Waals surface area contributed by atoms with E-state index in [0.29, 0.717) is 17.7 Å². The zero-order valence-corrected chi connectivity index (χ0v) is 11.5. The van der Waals surface area contributed by atoms with Crippen LogP contribution in [0, 0.1) is 17.5 Å². The Morgan fingerprint density at radius 2 is 1.75 bits per heavy atom. The maximum atomic E-state index is 13.5. The molecule has 0 aliphatic rings. The highest BCUT2D eigenvalue weighted by molar-refractivity contribution is 7.99. The lowest BCUT2D eigenvalue weighted by atomic mass is 10.1. The van der Waals surface area contributed by atoms with Crippen LogP contribution in [0.25, 0.3) is 0 Å². The molecule has 0 saturated heterocycles. The Bertz CT molecular complexity index is 589. The van der Waals surface area contributed by atoms with Crippen molar-refractivity contribution in [2.45, 2.75) is 17.4 Å². The fraction of sp³-hybridized carbons (Fsp3) is 0.200. The average molecular weight is 297 g/mol. The van der Waals surface area contributed by atoms with Gasteiger partial charge in [-0.1, -0.05) is 12.1 Å². The summed E-state index contributed by atoms with van der Waals surface area (Å²) in [5.41, 5.74) is 6.31. The van der Waals surface area contributed by atoms with Crippen LogP contribution in [0.4, 0.5) is 13.2 Å². The van der Waals surface area contributed by atoms with Crippen LogP contribution in [0.2, 0.25) is 0 Å². The third kappa shape index (κ3) is 4.28. The van der Waals surface area contributed by atoms with Gasteiger partial charge in [0.15, 0.2) is 0 Å². The Labute approximate surface area is 120 Å². The maximum absolute atomic E-state index is 13.5. The van der Waals surface area contributed by atoms with E-state index >= 15 is 0 Å². The first-order valence-corrected chi connectivity index (χ1v) is 7.11. The number of hydrogen-bond acceptors (Lipinski definition) is 2. The fourth-order valence-corrected chi connectivity index (χ4v) is 2.68. The largest absolute Gasteiger partial charge is 0.327 e.